The SMILES string of the molecule is O=P(O)(O)O.ON(c1ccccc1)c1ccccc1. The first kappa shape index (κ1) is 15.4. The molecule has 0 heterocycles. The Balaban J connectivity index is 0.000000312. The molecular weight excluding hydrogens is 269 g/mol. The van der Waals surface area contributed by atoms with Gasteiger partial charge in [0.05, 0.1) is 11.4 Å². The predicted molar refractivity (Wildman–Crippen MR) is 71.1 cm³/mol. The van der Waals surface area contributed by atoms with E-state index in [-0.39, 0.29) is 0 Å². The van der Waals surface area contributed by atoms with Gasteiger partial charge < -0.3 is 14.7 Å². The van der Waals surface area contributed by atoms with Gasteiger partial charge in [-0.2, -0.15) is 0 Å². The van der Waals surface area contributed by atoms with E-state index in [9.17, 15) is 5.21 Å². The lowest BCUT2D eigenvalue weighted by molar-refractivity contribution is 0.275. The molecule has 0 unspecified atom stereocenters. The summed E-state index contributed by atoms with van der Waals surface area (Å²) < 4.78 is 8.88. The van der Waals surface area contributed by atoms with Crippen LogP contribution in [0.3, 0.4) is 0 Å². The highest BCUT2D eigenvalue weighted by Crippen LogP contribution is 2.25. The van der Waals surface area contributed by atoms with E-state index in [1.807, 2.05) is 60.7 Å². The van der Waals surface area contributed by atoms with Gasteiger partial charge in [-0.05, 0) is 24.3 Å². The number of hydrogen-bond donors (Lipinski definition) is 4. The Morgan fingerprint density at radius 1 is 0.737 bits per heavy atom. The minimum Gasteiger partial charge on any atom is -0.303 e. The molecule has 0 aromatic heterocycles. The number of anilines is 2. The van der Waals surface area contributed by atoms with Crippen LogP contribution in [0, 0.1) is 0 Å². The summed E-state index contributed by atoms with van der Waals surface area (Å²) in [6.07, 6.45) is 0. The summed E-state index contributed by atoms with van der Waals surface area (Å²) in [6.45, 7) is 0. The smallest absolute Gasteiger partial charge is 0.303 e. The molecule has 0 saturated carbocycles. The topological polar surface area (TPSA) is 101 Å². The van der Waals surface area contributed by atoms with Crippen molar-refractivity contribution in [3.05, 3.63) is 60.7 Å². The van der Waals surface area contributed by atoms with Gasteiger partial charge >= 0.3 is 7.82 Å². The first-order valence-corrected chi connectivity index (χ1v) is 6.82. The van der Waals surface area contributed by atoms with Crippen molar-refractivity contribution in [3.63, 3.8) is 0 Å². The highest BCUT2D eigenvalue weighted by atomic mass is 31.2. The Morgan fingerprint density at radius 3 is 1.26 bits per heavy atom. The van der Waals surface area contributed by atoms with Crippen molar-refractivity contribution in [2.45, 2.75) is 0 Å². The summed E-state index contributed by atoms with van der Waals surface area (Å²) in [5.41, 5.74) is 1.53. The van der Waals surface area contributed by atoms with Gasteiger partial charge in [-0.3, -0.25) is 5.21 Å². The highest BCUT2D eigenvalue weighted by molar-refractivity contribution is 7.45. The molecule has 2 aromatic rings. The average Bonchev–Trinajstić information content (AvgIpc) is 2.38. The number of rotatable bonds is 2. The highest BCUT2D eigenvalue weighted by Gasteiger charge is 2.03. The van der Waals surface area contributed by atoms with Crippen LogP contribution < -0.4 is 5.06 Å². The third-order valence-corrected chi connectivity index (χ3v) is 2.00. The number of para-hydroxylation sites is 2. The molecule has 0 spiro atoms. The van der Waals surface area contributed by atoms with E-state index < -0.39 is 7.82 Å². The number of hydrogen-bond acceptors (Lipinski definition) is 3. The largest absolute Gasteiger partial charge is 0.466 e. The zero-order valence-electron chi connectivity index (χ0n) is 9.87. The Morgan fingerprint density at radius 2 is 1.00 bits per heavy atom. The lowest BCUT2D eigenvalue weighted by Crippen LogP contribution is -2.09. The van der Waals surface area contributed by atoms with Crippen LogP contribution in [0.1, 0.15) is 0 Å². The maximum atomic E-state index is 9.83. The number of phosphoric acid groups is 1. The number of benzene rings is 2. The van der Waals surface area contributed by atoms with Crippen molar-refractivity contribution >= 4 is 19.2 Å². The van der Waals surface area contributed by atoms with Crippen molar-refractivity contribution in [3.8, 4) is 0 Å². The molecule has 0 radical (unpaired) electrons. The van der Waals surface area contributed by atoms with Gasteiger partial charge in [-0.25, -0.2) is 9.63 Å². The predicted octanol–water partition coefficient (Wildman–Crippen LogP) is 2.29. The second-order valence-electron chi connectivity index (χ2n) is 3.50. The van der Waals surface area contributed by atoms with Gasteiger partial charge in [0.2, 0.25) is 0 Å². The fourth-order valence-corrected chi connectivity index (χ4v) is 1.29. The Hall–Kier alpha value is -1.69. The fourth-order valence-electron chi connectivity index (χ4n) is 1.29. The molecule has 6 nitrogen and oxygen atoms in total. The average molecular weight is 283 g/mol. The normalized spacial score (nSPS) is 10.3. The van der Waals surface area contributed by atoms with Gasteiger partial charge in [0.1, 0.15) is 0 Å². The maximum absolute atomic E-state index is 9.83. The first-order chi connectivity index (χ1) is 8.88. The van der Waals surface area contributed by atoms with Crippen LogP contribution in [0.25, 0.3) is 0 Å². The van der Waals surface area contributed by atoms with E-state index >= 15 is 0 Å². The van der Waals surface area contributed by atoms with Crippen LogP contribution in [0.2, 0.25) is 0 Å². The Labute approximate surface area is 110 Å². The van der Waals surface area contributed by atoms with Crippen LogP contribution in [0.15, 0.2) is 60.7 Å². The van der Waals surface area contributed by atoms with Crippen LogP contribution >= 0.6 is 7.82 Å². The Kier molecular flexibility index (Phi) is 5.69. The zero-order valence-corrected chi connectivity index (χ0v) is 10.8. The minimum absolute atomic E-state index is 0.763. The molecule has 7 heteroatoms. The fraction of sp³-hybridized carbons (Fsp3) is 0. The molecule has 0 aliphatic carbocycles. The van der Waals surface area contributed by atoms with Crippen LogP contribution in [-0.4, -0.2) is 19.9 Å². The molecular formula is C12H14NO5P. The molecule has 0 fully saturated rings. The molecule has 2 rings (SSSR count). The lowest BCUT2D eigenvalue weighted by Gasteiger charge is -2.16. The summed E-state index contributed by atoms with van der Waals surface area (Å²) in [4.78, 5) is 21.6. The Bertz CT molecular complexity index is 481. The molecule has 0 saturated heterocycles. The van der Waals surface area contributed by atoms with E-state index in [2.05, 4.69) is 0 Å². The molecule has 102 valence electrons. The summed E-state index contributed by atoms with van der Waals surface area (Å²) in [7, 11) is -4.64. The van der Waals surface area contributed by atoms with Gasteiger partial charge in [-0.15, -0.1) is 0 Å². The number of nitrogens with zero attached hydrogens (tertiary/aromatic N) is 1. The monoisotopic (exact) mass is 283 g/mol. The van der Waals surface area contributed by atoms with Crippen molar-refractivity contribution in [1.29, 1.82) is 0 Å². The third-order valence-electron chi connectivity index (χ3n) is 2.00. The molecule has 0 atom stereocenters. The maximum Gasteiger partial charge on any atom is 0.466 e. The molecule has 0 aliphatic rings. The second kappa shape index (κ2) is 7.04. The molecule has 4 N–H and O–H groups in total. The van der Waals surface area contributed by atoms with Crippen molar-refractivity contribution in [1.82, 2.24) is 0 Å². The molecule has 2 aromatic carbocycles. The van der Waals surface area contributed by atoms with E-state index in [0.29, 0.717) is 0 Å². The second-order valence-corrected chi connectivity index (χ2v) is 4.52. The minimum atomic E-state index is -4.64. The van der Waals surface area contributed by atoms with Crippen molar-refractivity contribution in [2.75, 3.05) is 5.06 Å². The van der Waals surface area contributed by atoms with Gasteiger partial charge in [0, 0.05) is 0 Å². The van der Waals surface area contributed by atoms with Gasteiger partial charge in [0.15, 0.2) is 0 Å². The summed E-state index contributed by atoms with van der Waals surface area (Å²) in [5, 5.41) is 11.0. The summed E-state index contributed by atoms with van der Waals surface area (Å²) in [5.74, 6) is 0. The van der Waals surface area contributed by atoms with E-state index in [0.717, 1.165) is 11.4 Å². The van der Waals surface area contributed by atoms with E-state index in [4.69, 9.17) is 19.2 Å². The standard InChI is InChI=1S/C12H11NO.H3O4P/c14-13(11-7-3-1-4-8-11)12-9-5-2-6-10-12;1-5(2,3)4/h1-10,14H;(H3,1,2,3,4). The zero-order chi connectivity index (χ0) is 14.3. The van der Waals surface area contributed by atoms with Crippen LogP contribution in [0.4, 0.5) is 11.4 Å². The van der Waals surface area contributed by atoms with Crippen LogP contribution in [0.5, 0.6) is 0 Å². The van der Waals surface area contributed by atoms with Crippen molar-refractivity contribution < 1.29 is 24.5 Å². The molecule has 19 heavy (non-hydrogen) atoms. The molecule has 0 amide bonds. The van der Waals surface area contributed by atoms with E-state index in [1.54, 1.807) is 0 Å². The van der Waals surface area contributed by atoms with Gasteiger partial charge in [-0.1, -0.05) is 36.4 Å². The molecule has 0 aliphatic heterocycles. The van der Waals surface area contributed by atoms with Crippen LogP contribution in [-0.2, 0) is 4.57 Å². The summed E-state index contributed by atoms with van der Waals surface area (Å²) >= 11 is 0. The van der Waals surface area contributed by atoms with Crippen molar-refractivity contribution in [2.24, 2.45) is 0 Å². The quantitative estimate of drug-likeness (QED) is 0.498. The first-order valence-electron chi connectivity index (χ1n) is 5.25. The lowest BCUT2D eigenvalue weighted by atomic mass is 10.2. The third kappa shape index (κ3) is 6.71. The van der Waals surface area contributed by atoms with E-state index in [1.165, 1.54) is 5.06 Å². The van der Waals surface area contributed by atoms with Gasteiger partial charge in [0.25, 0.3) is 0 Å². The molecule has 0 bridgehead atoms. The summed E-state index contributed by atoms with van der Waals surface area (Å²) in [6, 6.07) is 18.8.